The van der Waals surface area contributed by atoms with Gasteiger partial charge in [0.15, 0.2) is 0 Å². The number of carbonyl (C=O) groups excluding carboxylic acids is 1. The standard InChI is InChI=1S/C12H15ClN2O2/c1-8-4-3-5-10(13)11(8)17-9-6-15(7-9)12(16)14-2/h3-5,9H,6-7H2,1-2H3,(H,14,16). The van der Waals surface area contributed by atoms with E-state index in [1.807, 2.05) is 19.1 Å². The molecular weight excluding hydrogens is 240 g/mol. The number of amides is 2. The molecule has 0 saturated carbocycles. The van der Waals surface area contributed by atoms with Gasteiger partial charge in [-0.2, -0.15) is 0 Å². The second-order valence-corrected chi connectivity index (χ2v) is 4.49. The minimum atomic E-state index is -0.0688. The highest BCUT2D eigenvalue weighted by atomic mass is 35.5. The number of ether oxygens (including phenoxy) is 1. The molecule has 1 saturated heterocycles. The van der Waals surface area contributed by atoms with Crippen LogP contribution in [0.1, 0.15) is 5.56 Å². The van der Waals surface area contributed by atoms with Crippen LogP contribution in [0.15, 0.2) is 18.2 Å². The number of likely N-dealkylation sites (tertiary alicyclic amines) is 1. The van der Waals surface area contributed by atoms with Gasteiger partial charge in [0.25, 0.3) is 0 Å². The molecule has 2 rings (SSSR count). The molecule has 0 aliphatic carbocycles. The van der Waals surface area contributed by atoms with Crippen LogP contribution in [0, 0.1) is 6.92 Å². The molecule has 0 spiro atoms. The summed E-state index contributed by atoms with van der Waals surface area (Å²) in [6.45, 7) is 3.16. The van der Waals surface area contributed by atoms with Gasteiger partial charge in [0.2, 0.25) is 0 Å². The molecule has 0 atom stereocenters. The second kappa shape index (κ2) is 4.84. The molecule has 1 N–H and O–H groups in total. The lowest BCUT2D eigenvalue weighted by Gasteiger charge is -2.38. The molecule has 1 aliphatic rings. The summed E-state index contributed by atoms with van der Waals surface area (Å²) in [5, 5.41) is 3.19. The second-order valence-electron chi connectivity index (χ2n) is 4.09. The Hall–Kier alpha value is -1.42. The maximum atomic E-state index is 11.3. The van der Waals surface area contributed by atoms with Crippen LogP contribution in [0.3, 0.4) is 0 Å². The van der Waals surface area contributed by atoms with Crippen molar-refractivity contribution >= 4 is 17.6 Å². The quantitative estimate of drug-likeness (QED) is 0.878. The molecule has 92 valence electrons. The molecule has 1 aliphatic heterocycles. The van der Waals surface area contributed by atoms with Crippen LogP contribution in [-0.4, -0.2) is 37.2 Å². The van der Waals surface area contributed by atoms with Gasteiger partial charge in [0, 0.05) is 7.05 Å². The number of nitrogens with zero attached hydrogens (tertiary/aromatic N) is 1. The first-order valence-electron chi connectivity index (χ1n) is 5.50. The van der Waals surface area contributed by atoms with Crippen LogP contribution in [0.5, 0.6) is 5.75 Å². The number of hydrogen-bond acceptors (Lipinski definition) is 2. The summed E-state index contributed by atoms with van der Waals surface area (Å²) in [6, 6.07) is 5.58. The fourth-order valence-electron chi connectivity index (χ4n) is 1.77. The zero-order chi connectivity index (χ0) is 12.4. The van der Waals surface area contributed by atoms with Crippen LogP contribution in [0.4, 0.5) is 4.79 Å². The first-order chi connectivity index (χ1) is 8.11. The Bertz CT molecular complexity index is 410. The highest BCUT2D eigenvalue weighted by molar-refractivity contribution is 6.32. The smallest absolute Gasteiger partial charge is 0.317 e. The number of hydrogen-bond donors (Lipinski definition) is 1. The average Bonchev–Trinajstić information content (AvgIpc) is 2.25. The summed E-state index contributed by atoms with van der Waals surface area (Å²) in [7, 11) is 1.62. The Balaban J connectivity index is 1.94. The number of benzene rings is 1. The van der Waals surface area contributed by atoms with Crippen molar-refractivity contribution in [2.45, 2.75) is 13.0 Å². The van der Waals surface area contributed by atoms with Crippen molar-refractivity contribution in [2.24, 2.45) is 0 Å². The lowest BCUT2D eigenvalue weighted by atomic mass is 10.1. The molecule has 2 amide bonds. The molecule has 4 nitrogen and oxygen atoms in total. The third kappa shape index (κ3) is 2.47. The fraction of sp³-hybridized carbons (Fsp3) is 0.417. The third-order valence-electron chi connectivity index (χ3n) is 2.80. The first kappa shape index (κ1) is 12.0. The van der Waals surface area contributed by atoms with E-state index in [1.165, 1.54) is 0 Å². The molecule has 0 aromatic heterocycles. The number of halogens is 1. The molecule has 0 bridgehead atoms. The van der Waals surface area contributed by atoms with Gasteiger partial charge in [0.1, 0.15) is 11.9 Å². The van der Waals surface area contributed by atoms with Crippen molar-refractivity contribution in [3.8, 4) is 5.75 Å². The minimum Gasteiger partial charge on any atom is -0.485 e. The van der Waals surface area contributed by atoms with Crippen molar-refractivity contribution in [1.29, 1.82) is 0 Å². The van der Waals surface area contributed by atoms with E-state index in [0.29, 0.717) is 18.1 Å². The molecule has 1 heterocycles. The highest BCUT2D eigenvalue weighted by Gasteiger charge is 2.32. The summed E-state index contributed by atoms with van der Waals surface area (Å²) in [6.07, 6.45) is 0.0332. The molecule has 1 aromatic rings. The number of aryl methyl sites for hydroxylation is 1. The molecule has 0 radical (unpaired) electrons. The lowest BCUT2D eigenvalue weighted by Crippen LogP contribution is -2.58. The summed E-state index contributed by atoms with van der Waals surface area (Å²) < 4.78 is 5.78. The van der Waals surface area contributed by atoms with E-state index in [1.54, 1.807) is 18.0 Å². The Morgan fingerprint density at radius 1 is 1.53 bits per heavy atom. The normalized spacial score (nSPS) is 15.4. The third-order valence-corrected chi connectivity index (χ3v) is 3.10. The van der Waals surface area contributed by atoms with Crippen molar-refractivity contribution < 1.29 is 9.53 Å². The van der Waals surface area contributed by atoms with E-state index in [0.717, 1.165) is 11.3 Å². The van der Waals surface area contributed by atoms with E-state index in [2.05, 4.69) is 5.32 Å². The van der Waals surface area contributed by atoms with Gasteiger partial charge >= 0.3 is 6.03 Å². The maximum Gasteiger partial charge on any atom is 0.317 e. The zero-order valence-electron chi connectivity index (χ0n) is 9.87. The number of rotatable bonds is 2. The minimum absolute atomic E-state index is 0.0332. The summed E-state index contributed by atoms with van der Waals surface area (Å²) >= 11 is 6.06. The van der Waals surface area contributed by atoms with Gasteiger partial charge in [-0.25, -0.2) is 4.79 Å². The van der Waals surface area contributed by atoms with Crippen molar-refractivity contribution in [3.05, 3.63) is 28.8 Å². The SMILES string of the molecule is CNC(=O)N1CC(Oc2c(C)cccc2Cl)C1. The van der Waals surface area contributed by atoms with Crippen LogP contribution < -0.4 is 10.1 Å². The topological polar surface area (TPSA) is 41.6 Å². The number of para-hydroxylation sites is 1. The number of nitrogens with one attached hydrogen (secondary N) is 1. The molecule has 1 fully saturated rings. The largest absolute Gasteiger partial charge is 0.485 e. The maximum absolute atomic E-state index is 11.3. The lowest BCUT2D eigenvalue weighted by molar-refractivity contribution is 0.0448. The van der Waals surface area contributed by atoms with Crippen molar-refractivity contribution in [2.75, 3.05) is 20.1 Å². The summed E-state index contributed by atoms with van der Waals surface area (Å²) in [5.41, 5.74) is 1.01. The van der Waals surface area contributed by atoms with Gasteiger partial charge in [0.05, 0.1) is 18.1 Å². The molecular formula is C12H15ClN2O2. The Morgan fingerprint density at radius 2 is 2.24 bits per heavy atom. The number of carbonyl (C=O) groups is 1. The van der Waals surface area contributed by atoms with Crippen molar-refractivity contribution in [1.82, 2.24) is 10.2 Å². The van der Waals surface area contributed by atoms with E-state index in [9.17, 15) is 4.79 Å². The molecule has 17 heavy (non-hydrogen) atoms. The van der Waals surface area contributed by atoms with E-state index in [4.69, 9.17) is 16.3 Å². The number of urea groups is 1. The Kier molecular flexibility index (Phi) is 3.43. The molecule has 5 heteroatoms. The van der Waals surface area contributed by atoms with Crippen molar-refractivity contribution in [3.63, 3.8) is 0 Å². The fourth-order valence-corrected chi connectivity index (χ4v) is 2.04. The van der Waals surface area contributed by atoms with Gasteiger partial charge in [-0.3, -0.25) is 0 Å². The summed E-state index contributed by atoms with van der Waals surface area (Å²) in [5.74, 6) is 0.718. The predicted octanol–water partition coefficient (Wildman–Crippen LogP) is 2.05. The average molecular weight is 255 g/mol. The van der Waals surface area contributed by atoms with Gasteiger partial charge in [-0.15, -0.1) is 0 Å². The molecule has 0 unspecified atom stereocenters. The van der Waals surface area contributed by atoms with Gasteiger partial charge in [-0.05, 0) is 18.6 Å². The Labute approximate surface area is 106 Å². The predicted molar refractivity (Wildman–Crippen MR) is 66.6 cm³/mol. The monoisotopic (exact) mass is 254 g/mol. The van der Waals surface area contributed by atoms with Crippen LogP contribution in [-0.2, 0) is 0 Å². The van der Waals surface area contributed by atoms with E-state index >= 15 is 0 Å². The van der Waals surface area contributed by atoms with Gasteiger partial charge < -0.3 is 15.0 Å². The van der Waals surface area contributed by atoms with E-state index in [-0.39, 0.29) is 12.1 Å². The molecule has 1 aromatic carbocycles. The zero-order valence-corrected chi connectivity index (χ0v) is 10.6. The highest BCUT2D eigenvalue weighted by Crippen LogP contribution is 2.30. The first-order valence-corrected chi connectivity index (χ1v) is 5.88. The van der Waals surface area contributed by atoms with Crippen LogP contribution >= 0.6 is 11.6 Å². The van der Waals surface area contributed by atoms with Gasteiger partial charge in [-0.1, -0.05) is 23.7 Å². The van der Waals surface area contributed by atoms with E-state index < -0.39 is 0 Å². The van der Waals surface area contributed by atoms with Crippen LogP contribution in [0.25, 0.3) is 0 Å². The van der Waals surface area contributed by atoms with Crippen LogP contribution in [0.2, 0.25) is 5.02 Å². The summed E-state index contributed by atoms with van der Waals surface area (Å²) in [4.78, 5) is 13.0. The Morgan fingerprint density at radius 3 is 2.82 bits per heavy atom.